The summed E-state index contributed by atoms with van der Waals surface area (Å²) in [6.07, 6.45) is 3.47. The lowest BCUT2D eigenvalue weighted by molar-refractivity contribution is 0.567. The second kappa shape index (κ2) is 3.88. The van der Waals surface area contributed by atoms with Gasteiger partial charge in [0.25, 0.3) is 0 Å². The molecule has 0 aromatic carbocycles. The minimum atomic E-state index is 0.595. The van der Waals surface area contributed by atoms with Gasteiger partial charge in [0.1, 0.15) is 5.94 Å². The van der Waals surface area contributed by atoms with Crippen molar-refractivity contribution in [3.05, 3.63) is 29.9 Å². The molecule has 48 valence electrons. The van der Waals surface area contributed by atoms with Gasteiger partial charge in [-0.05, 0) is 19.9 Å². The van der Waals surface area contributed by atoms with E-state index in [4.69, 9.17) is 0 Å². The molecule has 0 radical (unpaired) electrons. The fourth-order valence-electron chi connectivity index (χ4n) is 0.301. The predicted octanol–water partition coefficient (Wildman–Crippen LogP) is 1.90. The van der Waals surface area contributed by atoms with Gasteiger partial charge in [-0.2, -0.15) is 0 Å². The largest absolute Gasteiger partial charge is 0.233 e. The summed E-state index contributed by atoms with van der Waals surface area (Å²) in [5.74, 6) is 1.76. The van der Waals surface area contributed by atoms with E-state index in [2.05, 4.69) is 6.58 Å². The Hall–Kier alpha value is -1.07. The number of rotatable bonds is 2. The zero-order chi connectivity index (χ0) is 7.28. The Morgan fingerprint density at radius 1 is 1.44 bits per heavy atom. The molecule has 0 aliphatic heterocycles. The van der Waals surface area contributed by atoms with Gasteiger partial charge < -0.3 is 0 Å². The van der Waals surface area contributed by atoms with Crippen LogP contribution in [0.2, 0.25) is 0 Å². The number of hydrogen-bond acceptors (Lipinski definition) is 1. The van der Waals surface area contributed by atoms with E-state index in [-0.39, 0.29) is 0 Å². The van der Waals surface area contributed by atoms with Gasteiger partial charge >= 0.3 is 0 Å². The second-order valence-corrected chi connectivity index (χ2v) is 1.96. The van der Waals surface area contributed by atoms with Crippen molar-refractivity contribution in [1.29, 1.82) is 0 Å². The summed E-state index contributed by atoms with van der Waals surface area (Å²) in [6, 6.07) is 0. The van der Waals surface area contributed by atoms with Gasteiger partial charge in [0.15, 0.2) is 0 Å². The monoisotopic (exact) mass is 122 g/mol. The molecule has 0 unspecified atom stereocenters. The Morgan fingerprint density at radius 2 is 2.00 bits per heavy atom. The predicted molar refractivity (Wildman–Crippen MR) is 38.8 cm³/mol. The van der Waals surface area contributed by atoms with Crippen LogP contribution in [0.3, 0.4) is 0 Å². The van der Waals surface area contributed by atoms with E-state index in [0.29, 0.717) is 5.57 Å². The first-order chi connectivity index (χ1) is 4.16. The van der Waals surface area contributed by atoms with Gasteiger partial charge in [0.05, 0.1) is 0 Å². The molecule has 0 aromatic heterocycles. The number of hydrogen-bond donors (Lipinski definition) is 0. The fraction of sp³-hybridized carbons (Fsp3) is 0.250. The number of carbonyl (C=O) groups excluding carboxylic acids is 1. The maximum atomic E-state index is 9.87. The molecule has 0 atom stereocenters. The Morgan fingerprint density at radius 3 is 2.33 bits per heavy atom. The van der Waals surface area contributed by atoms with Crippen LogP contribution in [-0.2, 0) is 4.79 Å². The molecule has 0 aromatic rings. The van der Waals surface area contributed by atoms with Crippen molar-refractivity contribution in [2.45, 2.75) is 13.8 Å². The Bertz CT molecular complexity index is 181. The Labute approximate surface area is 55.4 Å². The summed E-state index contributed by atoms with van der Waals surface area (Å²) in [7, 11) is 0. The molecule has 0 N–H and O–H groups in total. The molecule has 0 aliphatic rings. The molecule has 0 aliphatic carbocycles. The highest BCUT2D eigenvalue weighted by Gasteiger charge is 1.77. The van der Waals surface area contributed by atoms with Crippen LogP contribution in [0.1, 0.15) is 13.8 Å². The van der Waals surface area contributed by atoms with Crippen molar-refractivity contribution in [1.82, 2.24) is 0 Å². The van der Waals surface area contributed by atoms with Crippen LogP contribution in [0.25, 0.3) is 0 Å². The SMILES string of the molecule is C=C(C)/C=C\C(C)=C=O. The van der Waals surface area contributed by atoms with E-state index in [1.165, 1.54) is 0 Å². The highest BCUT2D eigenvalue weighted by atomic mass is 16.1. The molecule has 0 saturated heterocycles. The first-order valence-electron chi connectivity index (χ1n) is 2.72. The first-order valence-corrected chi connectivity index (χ1v) is 2.72. The van der Waals surface area contributed by atoms with Gasteiger partial charge in [-0.1, -0.05) is 18.2 Å². The Kier molecular flexibility index (Phi) is 3.41. The third kappa shape index (κ3) is 4.79. The Balaban J connectivity index is 4.01. The van der Waals surface area contributed by atoms with Gasteiger partial charge in [-0.15, -0.1) is 0 Å². The van der Waals surface area contributed by atoms with Gasteiger partial charge in [-0.3, -0.25) is 0 Å². The van der Waals surface area contributed by atoms with Crippen molar-refractivity contribution < 1.29 is 4.79 Å². The smallest absolute Gasteiger partial charge is 0.127 e. The van der Waals surface area contributed by atoms with E-state index in [0.717, 1.165) is 5.57 Å². The van der Waals surface area contributed by atoms with Crippen LogP contribution in [0, 0.1) is 0 Å². The summed E-state index contributed by atoms with van der Waals surface area (Å²) < 4.78 is 0. The standard InChI is InChI=1S/C8H10O/c1-7(2)4-5-8(3)6-9/h4-5H,1H2,2-3H3/b5-4-. The quantitative estimate of drug-likeness (QED) is 0.404. The van der Waals surface area contributed by atoms with Crippen LogP contribution in [-0.4, -0.2) is 5.94 Å². The molecule has 0 bridgehead atoms. The third-order valence-electron chi connectivity index (χ3n) is 0.779. The molecule has 0 rings (SSSR count). The molecule has 0 saturated carbocycles. The zero-order valence-corrected chi connectivity index (χ0v) is 5.77. The molecule has 1 heteroatoms. The van der Waals surface area contributed by atoms with Crippen LogP contribution < -0.4 is 0 Å². The fourth-order valence-corrected chi connectivity index (χ4v) is 0.301. The molecule has 0 heterocycles. The van der Waals surface area contributed by atoms with Crippen LogP contribution in [0.15, 0.2) is 29.9 Å². The second-order valence-electron chi connectivity index (χ2n) is 1.96. The average molecular weight is 122 g/mol. The lowest BCUT2D eigenvalue weighted by Crippen LogP contribution is -1.67. The summed E-state index contributed by atoms with van der Waals surface area (Å²) in [5, 5.41) is 0. The topological polar surface area (TPSA) is 17.1 Å². The number of allylic oxidation sites excluding steroid dienone is 4. The van der Waals surface area contributed by atoms with Crippen LogP contribution >= 0.6 is 0 Å². The summed E-state index contributed by atoms with van der Waals surface area (Å²) >= 11 is 0. The summed E-state index contributed by atoms with van der Waals surface area (Å²) in [4.78, 5) is 9.87. The first kappa shape index (κ1) is 7.93. The van der Waals surface area contributed by atoms with E-state index >= 15 is 0 Å². The van der Waals surface area contributed by atoms with Crippen molar-refractivity contribution in [2.75, 3.05) is 0 Å². The van der Waals surface area contributed by atoms with E-state index in [1.807, 2.05) is 6.92 Å². The van der Waals surface area contributed by atoms with Crippen molar-refractivity contribution in [3.63, 3.8) is 0 Å². The molecular formula is C8H10O. The summed E-state index contributed by atoms with van der Waals surface area (Å²) in [5.41, 5.74) is 1.53. The zero-order valence-electron chi connectivity index (χ0n) is 5.77. The maximum absolute atomic E-state index is 9.87. The molecule has 0 amide bonds. The minimum Gasteiger partial charge on any atom is -0.233 e. The van der Waals surface area contributed by atoms with Crippen molar-refractivity contribution in [3.8, 4) is 0 Å². The summed E-state index contributed by atoms with van der Waals surface area (Å²) in [6.45, 7) is 7.20. The molecular weight excluding hydrogens is 112 g/mol. The van der Waals surface area contributed by atoms with E-state index in [9.17, 15) is 4.79 Å². The molecule has 1 nitrogen and oxygen atoms in total. The van der Waals surface area contributed by atoms with Crippen LogP contribution in [0.4, 0.5) is 0 Å². The normalized spacial score (nSPS) is 9.11. The van der Waals surface area contributed by atoms with Gasteiger partial charge in [-0.25, -0.2) is 4.79 Å². The highest BCUT2D eigenvalue weighted by molar-refractivity contribution is 5.56. The van der Waals surface area contributed by atoms with Gasteiger partial charge in [0.2, 0.25) is 0 Å². The van der Waals surface area contributed by atoms with E-state index < -0.39 is 0 Å². The third-order valence-corrected chi connectivity index (χ3v) is 0.779. The lowest BCUT2D eigenvalue weighted by Gasteiger charge is -1.82. The highest BCUT2D eigenvalue weighted by Crippen LogP contribution is 1.93. The van der Waals surface area contributed by atoms with Crippen LogP contribution in [0.5, 0.6) is 0 Å². The maximum Gasteiger partial charge on any atom is 0.127 e. The molecule has 0 spiro atoms. The van der Waals surface area contributed by atoms with Gasteiger partial charge in [0, 0.05) is 5.57 Å². The lowest BCUT2D eigenvalue weighted by atomic mass is 10.2. The minimum absolute atomic E-state index is 0.595. The van der Waals surface area contributed by atoms with Crippen molar-refractivity contribution in [2.24, 2.45) is 0 Å². The van der Waals surface area contributed by atoms with E-state index in [1.54, 1.807) is 25.0 Å². The van der Waals surface area contributed by atoms with Crippen molar-refractivity contribution >= 4 is 5.94 Å². The molecule has 9 heavy (non-hydrogen) atoms. The molecule has 0 fully saturated rings. The average Bonchev–Trinajstić information content (AvgIpc) is 1.83.